The van der Waals surface area contributed by atoms with Crippen molar-refractivity contribution in [2.24, 2.45) is 0 Å². The van der Waals surface area contributed by atoms with E-state index >= 15 is 0 Å². The predicted molar refractivity (Wildman–Crippen MR) is 153 cm³/mol. The number of hydrogen-bond donors (Lipinski definition) is 1. The highest BCUT2D eigenvalue weighted by Gasteiger charge is 2.35. The van der Waals surface area contributed by atoms with Gasteiger partial charge in [0, 0.05) is 10.2 Å². The highest BCUT2D eigenvalue weighted by molar-refractivity contribution is 9.10. The molecule has 38 heavy (non-hydrogen) atoms. The number of thioether (sulfide) groups is 1. The lowest BCUT2D eigenvalue weighted by Crippen LogP contribution is -2.27. The van der Waals surface area contributed by atoms with Crippen molar-refractivity contribution in [2.45, 2.75) is 27.3 Å². The summed E-state index contributed by atoms with van der Waals surface area (Å²) in [5, 5.41) is 2.56. The molecular formula is C29H27BrN2O5S. The van der Waals surface area contributed by atoms with Gasteiger partial charge in [-0.1, -0.05) is 51.8 Å². The number of aryl methyl sites for hydroxylation is 1. The Kier molecular flexibility index (Phi) is 8.58. The number of nitrogens with one attached hydrogen (secondary N) is 1. The zero-order chi connectivity index (χ0) is 27.4. The molecule has 0 aromatic heterocycles. The van der Waals surface area contributed by atoms with Gasteiger partial charge in [-0.05, 0) is 85.1 Å². The minimum atomic E-state index is -0.337. The van der Waals surface area contributed by atoms with Crippen LogP contribution in [0, 0.1) is 20.8 Å². The van der Waals surface area contributed by atoms with E-state index < -0.39 is 0 Å². The van der Waals surface area contributed by atoms with Gasteiger partial charge in [0.1, 0.15) is 0 Å². The van der Waals surface area contributed by atoms with Gasteiger partial charge in [-0.15, -0.1) is 0 Å². The number of rotatable bonds is 8. The second-order valence-electron chi connectivity index (χ2n) is 8.85. The van der Waals surface area contributed by atoms with Crippen LogP contribution in [0.5, 0.6) is 11.5 Å². The Morgan fingerprint density at radius 2 is 1.82 bits per heavy atom. The Labute approximate surface area is 234 Å². The highest BCUT2D eigenvalue weighted by atomic mass is 79.9. The maximum absolute atomic E-state index is 12.9. The molecule has 1 saturated heterocycles. The number of carbonyl (C=O) groups is 3. The van der Waals surface area contributed by atoms with Crippen LogP contribution in [-0.4, -0.2) is 35.7 Å². The van der Waals surface area contributed by atoms with E-state index in [0.717, 1.165) is 44.2 Å². The average Bonchev–Trinajstić information content (AvgIpc) is 3.15. The van der Waals surface area contributed by atoms with Crippen molar-refractivity contribution in [1.29, 1.82) is 0 Å². The fourth-order valence-electron chi connectivity index (χ4n) is 3.93. The minimum Gasteiger partial charge on any atom is -0.493 e. The first-order valence-electron chi connectivity index (χ1n) is 11.8. The lowest BCUT2D eigenvalue weighted by atomic mass is 10.1. The number of imide groups is 1. The molecule has 3 amide bonds. The van der Waals surface area contributed by atoms with Crippen LogP contribution in [0.1, 0.15) is 27.8 Å². The van der Waals surface area contributed by atoms with Gasteiger partial charge in [-0.2, -0.15) is 0 Å². The van der Waals surface area contributed by atoms with Crippen LogP contribution >= 0.6 is 27.7 Å². The van der Waals surface area contributed by atoms with Gasteiger partial charge in [0.15, 0.2) is 18.1 Å². The van der Waals surface area contributed by atoms with E-state index in [1.165, 1.54) is 12.0 Å². The molecule has 1 heterocycles. The van der Waals surface area contributed by atoms with Crippen molar-refractivity contribution in [3.63, 3.8) is 0 Å². The van der Waals surface area contributed by atoms with E-state index in [4.69, 9.17) is 9.47 Å². The first kappa shape index (κ1) is 27.5. The van der Waals surface area contributed by atoms with Gasteiger partial charge in [-0.3, -0.25) is 19.3 Å². The Morgan fingerprint density at radius 3 is 2.55 bits per heavy atom. The Hall–Kier alpha value is -3.56. The summed E-state index contributed by atoms with van der Waals surface area (Å²) in [5.41, 5.74) is 5.37. The Morgan fingerprint density at radius 1 is 1.03 bits per heavy atom. The first-order valence-corrected chi connectivity index (χ1v) is 13.4. The second kappa shape index (κ2) is 11.9. The summed E-state index contributed by atoms with van der Waals surface area (Å²) in [7, 11) is 1.50. The molecule has 0 saturated carbocycles. The normalized spacial score (nSPS) is 14.2. The predicted octanol–water partition coefficient (Wildman–Crippen LogP) is 6.64. The maximum Gasteiger partial charge on any atom is 0.293 e. The quantitative estimate of drug-likeness (QED) is 0.294. The van der Waals surface area contributed by atoms with Crippen molar-refractivity contribution in [1.82, 2.24) is 4.90 Å². The third-order valence-corrected chi connectivity index (χ3v) is 7.90. The zero-order valence-corrected chi connectivity index (χ0v) is 23.9. The molecule has 4 rings (SSSR count). The molecule has 0 atom stereocenters. The molecule has 0 bridgehead atoms. The first-order chi connectivity index (χ1) is 18.2. The largest absolute Gasteiger partial charge is 0.493 e. The van der Waals surface area contributed by atoms with Gasteiger partial charge in [0.05, 0.1) is 18.6 Å². The standard InChI is InChI=1S/C29H27BrN2O5S/c1-17-6-5-7-21(12-17)15-32-28(34)26(38-29(32)35)14-20-8-11-24(25(13-20)36-4)37-16-27(33)31-23-10-9-22(30)18(2)19(23)3/h5-14H,15-16H2,1-4H3,(H,31,33)/b26-14-. The van der Waals surface area contributed by atoms with E-state index in [2.05, 4.69) is 21.2 Å². The van der Waals surface area contributed by atoms with Gasteiger partial charge in [-0.25, -0.2) is 0 Å². The summed E-state index contributed by atoms with van der Waals surface area (Å²) in [4.78, 5) is 39.5. The second-order valence-corrected chi connectivity index (χ2v) is 10.7. The smallest absolute Gasteiger partial charge is 0.293 e. The van der Waals surface area contributed by atoms with Crippen molar-refractivity contribution in [3.05, 3.63) is 91.8 Å². The van der Waals surface area contributed by atoms with E-state index in [-0.39, 0.29) is 30.2 Å². The Bertz CT molecular complexity index is 1450. The molecule has 196 valence electrons. The maximum atomic E-state index is 12.9. The minimum absolute atomic E-state index is 0.206. The van der Waals surface area contributed by atoms with Gasteiger partial charge in [0.2, 0.25) is 0 Å². The van der Waals surface area contributed by atoms with Crippen LogP contribution in [0.25, 0.3) is 6.08 Å². The number of halogens is 1. The summed E-state index contributed by atoms with van der Waals surface area (Å²) in [6.07, 6.45) is 1.65. The summed E-state index contributed by atoms with van der Waals surface area (Å²) >= 11 is 4.39. The van der Waals surface area contributed by atoms with Crippen molar-refractivity contribution >= 4 is 56.5 Å². The molecule has 1 fully saturated rings. The molecule has 9 heteroatoms. The molecule has 0 radical (unpaired) electrons. The van der Waals surface area contributed by atoms with Gasteiger partial charge < -0.3 is 14.8 Å². The SMILES string of the molecule is COc1cc(/C=C2\SC(=O)N(Cc3cccc(C)c3)C2=O)ccc1OCC(=O)Nc1ccc(Br)c(C)c1C. The number of carbonyl (C=O) groups excluding carboxylic acids is 3. The highest BCUT2D eigenvalue weighted by Crippen LogP contribution is 2.35. The van der Waals surface area contributed by atoms with Crippen LogP contribution in [0.3, 0.4) is 0 Å². The molecule has 0 unspecified atom stereocenters. The topological polar surface area (TPSA) is 84.9 Å². The van der Waals surface area contributed by atoms with Gasteiger partial charge in [0.25, 0.3) is 17.1 Å². The van der Waals surface area contributed by atoms with Crippen molar-refractivity contribution < 1.29 is 23.9 Å². The van der Waals surface area contributed by atoms with E-state index in [1.54, 1.807) is 24.3 Å². The number of nitrogens with zero attached hydrogens (tertiary/aromatic N) is 1. The zero-order valence-electron chi connectivity index (χ0n) is 21.5. The number of anilines is 1. The molecule has 3 aromatic carbocycles. The number of hydrogen-bond acceptors (Lipinski definition) is 6. The number of ether oxygens (including phenoxy) is 2. The average molecular weight is 596 g/mol. The third-order valence-electron chi connectivity index (χ3n) is 6.14. The van der Waals surface area contributed by atoms with Crippen LogP contribution in [-0.2, 0) is 16.1 Å². The van der Waals surface area contributed by atoms with E-state index in [0.29, 0.717) is 22.0 Å². The lowest BCUT2D eigenvalue weighted by molar-refractivity contribution is -0.123. The molecule has 7 nitrogen and oxygen atoms in total. The van der Waals surface area contributed by atoms with E-state index in [9.17, 15) is 14.4 Å². The molecule has 3 aromatic rings. The third kappa shape index (κ3) is 6.28. The summed E-state index contributed by atoms with van der Waals surface area (Å²) in [5.74, 6) is 0.149. The van der Waals surface area contributed by atoms with Crippen LogP contribution in [0.15, 0.2) is 64.0 Å². The summed E-state index contributed by atoms with van der Waals surface area (Å²) in [6.45, 7) is 5.90. The van der Waals surface area contributed by atoms with Crippen LogP contribution in [0.4, 0.5) is 10.5 Å². The number of amides is 3. The van der Waals surface area contributed by atoms with Crippen molar-refractivity contribution in [3.8, 4) is 11.5 Å². The summed E-state index contributed by atoms with van der Waals surface area (Å²) < 4.78 is 12.1. The lowest BCUT2D eigenvalue weighted by Gasteiger charge is -2.14. The fourth-order valence-corrected chi connectivity index (χ4v) is 5.19. The van der Waals surface area contributed by atoms with Crippen LogP contribution < -0.4 is 14.8 Å². The Balaban J connectivity index is 1.42. The number of benzene rings is 3. The molecule has 0 spiro atoms. The van der Waals surface area contributed by atoms with E-state index in [1.807, 2.05) is 57.2 Å². The van der Waals surface area contributed by atoms with Crippen LogP contribution in [0.2, 0.25) is 0 Å². The molecule has 1 N–H and O–H groups in total. The molecule has 0 aliphatic carbocycles. The monoisotopic (exact) mass is 594 g/mol. The molecule has 1 aliphatic rings. The van der Waals surface area contributed by atoms with Crippen molar-refractivity contribution in [2.75, 3.05) is 19.0 Å². The van der Waals surface area contributed by atoms with Gasteiger partial charge >= 0.3 is 0 Å². The number of methoxy groups -OCH3 is 1. The fraction of sp³-hybridized carbons (Fsp3) is 0.207. The summed E-state index contributed by atoms with van der Waals surface area (Å²) in [6, 6.07) is 16.6. The molecular weight excluding hydrogens is 568 g/mol. The molecule has 1 aliphatic heterocycles.